The fraction of sp³-hybridized carbons (Fsp3) is 0.200. The number of hydrogen-bond donors (Lipinski definition) is 1. The molecule has 0 fully saturated rings. The molecule has 0 amide bonds. The molecule has 0 aliphatic rings. The molecular formula is C10H10N4O2S. The molecule has 2 rings (SSSR count). The van der Waals surface area contributed by atoms with Crippen LogP contribution in [0.25, 0.3) is 5.69 Å². The van der Waals surface area contributed by atoms with Gasteiger partial charge in [0.15, 0.2) is 0 Å². The molecule has 1 aromatic carbocycles. The molecule has 0 unspecified atom stereocenters. The second-order valence-corrected chi connectivity index (χ2v) is 4.28. The van der Waals surface area contributed by atoms with Crippen LogP contribution in [0.4, 0.5) is 0 Å². The van der Waals surface area contributed by atoms with Gasteiger partial charge < -0.3 is 5.11 Å². The predicted octanol–water partition coefficient (Wildman–Crippen LogP) is 1.15. The number of aryl methyl sites for hydroxylation is 1. The minimum Gasteiger partial charge on any atom is -0.481 e. The lowest BCUT2D eigenvalue weighted by molar-refractivity contribution is -0.133. The molecule has 7 heteroatoms. The number of para-hydroxylation sites is 1. The number of aliphatic carboxylic acids is 1. The van der Waals surface area contributed by atoms with Crippen molar-refractivity contribution in [2.24, 2.45) is 0 Å². The molecule has 88 valence electrons. The van der Waals surface area contributed by atoms with Crippen molar-refractivity contribution in [1.82, 2.24) is 20.2 Å². The van der Waals surface area contributed by atoms with Crippen LogP contribution >= 0.6 is 11.8 Å². The topological polar surface area (TPSA) is 80.9 Å². The van der Waals surface area contributed by atoms with Crippen LogP contribution in [0.2, 0.25) is 0 Å². The Bertz CT molecular complexity index is 541. The third kappa shape index (κ3) is 2.62. The van der Waals surface area contributed by atoms with Crippen LogP contribution in [0.3, 0.4) is 0 Å². The van der Waals surface area contributed by atoms with Crippen molar-refractivity contribution in [2.75, 3.05) is 5.75 Å². The fourth-order valence-electron chi connectivity index (χ4n) is 1.35. The van der Waals surface area contributed by atoms with E-state index in [0.29, 0.717) is 5.16 Å². The fourth-order valence-corrected chi connectivity index (χ4v) is 1.95. The van der Waals surface area contributed by atoms with Crippen molar-refractivity contribution < 1.29 is 9.90 Å². The normalized spacial score (nSPS) is 10.4. The van der Waals surface area contributed by atoms with E-state index in [1.54, 1.807) is 4.68 Å². The molecular weight excluding hydrogens is 240 g/mol. The highest BCUT2D eigenvalue weighted by Crippen LogP contribution is 2.19. The number of hydrogen-bond acceptors (Lipinski definition) is 5. The summed E-state index contributed by atoms with van der Waals surface area (Å²) in [5.74, 6) is -0.957. The van der Waals surface area contributed by atoms with Gasteiger partial charge in [0.2, 0.25) is 5.16 Å². The monoisotopic (exact) mass is 250 g/mol. The molecule has 6 nitrogen and oxygen atoms in total. The van der Waals surface area contributed by atoms with Crippen molar-refractivity contribution in [1.29, 1.82) is 0 Å². The van der Waals surface area contributed by atoms with Gasteiger partial charge in [-0.2, -0.15) is 4.68 Å². The van der Waals surface area contributed by atoms with Crippen LogP contribution in [0, 0.1) is 6.92 Å². The first-order valence-electron chi connectivity index (χ1n) is 4.87. The van der Waals surface area contributed by atoms with E-state index in [4.69, 9.17) is 5.11 Å². The zero-order valence-electron chi connectivity index (χ0n) is 9.07. The highest BCUT2D eigenvalue weighted by molar-refractivity contribution is 7.99. The van der Waals surface area contributed by atoms with E-state index in [9.17, 15) is 4.79 Å². The Morgan fingerprint density at radius 3 is 2.94 bits per heavy atom. The maximum Gasteiger partial charge on any atom is 0.313 e. The number of benzene rings is 1. The summed E-state index contributed by atoms with van der Waals surface area (Å²) in [6, 6.07) is 7.64. The highest BCUT2D eigenvalue weighted by Gasteiger charge is 2.11. The van der Waals surface area contributed by atoms with Crippen molar-refractivity contribution >= 4 is 17.7 Å². The van der Waals surface area contributed by atoms with Gasteiger partial charge in [0.25, 0.3) is 0 Å². The van der Waals surface area contributed by atoms with Gasteiger partial charge in [-0.3, -0.25) is 4.79 Å². The summed E-state index contributed by atoms with van der Waals surface area (Å²) >= 11 is 1.09. The lowest BCUT2D eigenvalue weighted by Crippen LogP contribution is -2.04. The average Bonchev–Trinajstić information content (AvgIpc) is 2.75. The number of nitrogens with zero attached hydrogens (tertiary/aromatic N) is 4. The first-order chi connectivity index (χ1) is 8.18. The van der Waals surface area contributed by atoms with Crippen LogP contribution < -0.4 is 0 Å². The van der Waals surface area contributed by atoms with Gasteiger partial charge in [-0.15, -0.1) is 5.10 Å². The van der Waals surface area contributed by atoms with Gasteiger partial charge in [0, 0.05) is 0 Å². The van der Waals surface area contributed by atoms with Crippen molar-refractivity contribution in [2.45, 2.75) is 12.1 Å². The largest absolute Gasteiger partial charge is 0.481 e. The summed E-state index contributed by atoms with van der Waals surface area (Å²) in [4.78, 5) is 10.5. The number of carbonyl (C=O) groups is 1. The minimum absolute atomic E-state index is 0.0632. The van der Waals surface area contributed by atoms with Crippen LogP contribution in [-0.2, 0) is 4.79 Å². The molecule has 0 saturated carbocycles. The summed E-state index contributed by atoms with van der Waals surface area (Å²) < 4.78 is 1.54. The first-order valence-corrected chi connectivity index (χ1v) is 5.86. The lowest BCUT2D eigenvalue weighted by Gasteiger charge is -2.05. The maximum absolute atomic E-state index is 10.5. The zero-order valence-corrected chi connectivity index (χ0v) is 9.89. The number of tetrazole rings is 1. The molecule has 0 atom stereocenters. The summed E-state index contributed by atoms with van der Waals surface area (Å²) in [5, 5.41) is 20.3. The quantitative estimate of drug-likeness (QED) is 0.820. The van der Waals surface area contributed by atoms with Crippen LogP contribution in [0.5, 0.6) is 0 Å². The van der Waals surface area contributed by atoms with Gasteiger partial charge in [0.1, 0.15) is 0 Å². The summed E-state index contributed by atoms with van der Waals surface area (Å²) in [6.45, 7) is 1.95. The SMILES string of the molecule is Cc1ccccc1-n1nnnc1SCC(=O)O. The molecule has 1 aromatic heterocycles. The van der Waals surface area contributed by atoms with Gasteiger partial charge in [0.05, 0.1) is 11.4 Å². The first kappa shape index (κ1) is 11.6. The van der Waals surface area contributed by atoms with Crippen LogP contribution in [-0.4, -0.2) is 37.0 Å². The summed E-state index contributed by atoms with van der Waals surface area (Å²) in [5.41, 5.74) is 1.88. The predicted molar refractivity (Wildman–Crippen MR) is 62.3 cm³/mol. The minimum atomic E-state index is -0.894. The van der Waals surface area contributed by atoms with E-state index in [-0.39, 0.29) is 5.75 Å². The maximum atomic E-state index is 10.5. The number of rotatable bonds is 4. The second kappa shape index (κ2) is 4.96. The van der Waals surface area contributed by atoms with E-state index in [1.165, 1.54) is 0 Å². The molecule has 0 spiro atoms. The van der Waals surface area contributed by atoms with E-state index >= 15 is 0 Å². The standard InChI is InChI=1S/C10H10N4O2S/c1-7-4-2-3-5-8(7)14-10(11-12-13-14)17-6-9(15)16/h2-5H,6H2,1H3,(H,15,16). The molecule has 2 aromatic rings. The van der Waals surface area contributed by atoms with Crippen molar-refractivity contribution in [3.8, 4) is 5.69 Å². The smallest absolute Gasteiger partial charge is 0.313 e. The Labute approximate surface area is 102 Å². The molecule has 0 saturated heterocycles. The number of carboxylic acids is 1. The van der Waals surface area contributed by atoms with Gasteiger partial charge in [-0.05, 0) is 29.0 Å². The third-order valence-electron chi connectivity index (χ3n) is 2.11. The molecule has 0 aliphatic carbocycles. The average molecular weight is 250 g/mol. The molecule has 1 heterocycles. The van der Waals surface area contributed by atoms with Gasteiger partial charge in [-0.25, -0.2) is 0 Å². The van der Waals surface area contributed by atoms with Gasteiger partial charge in [-0.1, -0.05) is 30.0 Å². The molecule has 0 aliphatic heterocycles. The Kier molecular flexibility index (Phi) is 3.38. The Morgan fingerprint density at radius 2 is 2.24 bits per heavy atom. The Morgan fingerprint density at radius 1 is 1.47 bits per heavy atom. The van der Waals surface area contributed by atoms with Crippen LogP contribution in [0.15, 0.2) is 29.4 Å². The molecule has 0 bridgehead atoms. The number of aromatic nitrogens is 4. The van der Waals surface area contributed by atoms with E-state index in [0.717, 1.165) is 23.0 Å². The second-order valence-electron chi connectivity index (χ2n) is 3.34. The Hall–Kier alpha value is -1.89. The van der Waals surface area contributed by atoms with E-state index < -0.39 is 5.97 Å². The van der Waals surface area contributed by atoms with Crippen LogP contribution in [0.1, 0.15) is 5.56 Å². The van der Waals surface area contributed by atoms with Crippen molar-refractivity contribution in [3.63, 3.8) is 0 Å². The lowest BCUT2D eigenvalue weighted by atomic mass is 10.2. The number of carboxylic acid groups (broad SMARTS) is 1. The Balaban J connectivity index is 2.31. The third-order valence-corrected chi connectivity index (χ3v) is 3.01. The zero-order chi connectivity index (χ0) is 12.3. The highest BCUT2D eigenvalue weighted by atomic mass is 32.2. The summed E-state index contributed by atoms with van der Waals surface area (Å²) in [6.07, 6.45) is 0. The van der Waals surface area contributed by atoms with E-state index in [2.05, 4.69) is 15.5 Å². The van der Waals surface area contributed by atoms with Gasteiger partial charge >= 0.3 is 5.97 Å². The summed E-state index contributed by atoms with van der Waals surface area (Å²) in [7, 11) is 0. The molecule has 0 radical (unpaired) electrons. The van der Waals surface area contributed by atoms with E-state index in [1.807, 2.05) is 31.2 Å². The van der Waals surface area contributed by atoms with Crippen molar-refractivity contribution in [3.05, 3.63) is 29.8 Å². The molecule has 17 heavy (non-hydrogen) atoms. The number of thioether (sulfide) groups is 1. The molecule has 1 N–H and O–H groups in total.